The minimum absolute atomic E-state index is 0.0331. The molecule has 0 radical (unpaired) electrons. The van der Waals surface area contributed by atoms with E-state index in [1.165, 1.54) is 0 Å². The SMILES string of the molecule is CN1CCN(c2ccc3ncc(C(=O)Cc4ccccn4)n3n2)CC1. The van der Waals surface area contributed by atoms with Crippen LogP contribution in [0.2, 0.25) is 0 Å². The third kappa shape index (κ3) is 3.23. The van der Waals surface area contributed by atoms with E-state index in [1.807, 2.05) is 30.3 Å². The van der Waals surface area contributed by atoms with Gasteiger partial charge < -0.3 is 9.80 Å². The molecule has 0 saturated carbocycles. The molecule has 1 aliphatic rings. The number of Topliss-reactive ketones (excluding diaryl/α,β-unsaturated/α-hetero) is 1. The first-order valence-corrected chi connectivity index (χ1v) is 8.42. The van der Waals surface area contributed by atoms with Crippen molar-refractivity contribution < 1.29 is 4.79 Å². The maximum Gasteiger partial charge on any atom is 0.188 e. The van der Waals surface area contributed by atoms with Crippen LogP contribution in [0.4, 0.5) is 5.82 Å². The van der Waals surface area contributed by atoms with Gasteiger partial charge >= 0.3 is 0 Å². The first-order valence-electron chi connectivity index (χ1n) is 8.42. The zero-order valence-corrected chi connectivity index (χ0v) is 14.2. The summed E-state index contributed by atoms with van der Waals surface area (Å²) in [6.45, 7) is 3.88. The average Bonchev–Trinajstić information content (AvgIpc) is 3.06. The third-order valence-corrected chi connectivity index (χ3v) is 4.53. The summed E-state index contributed by atoms with van der Waals surface area (Å²) in [6, 6.07) is 9.46. The third-order valence-electron chi connectivity index (χ3n) is 4.53. The molecule has 0 bridgehead atoms. The fraction of sp³-hybridized carbons (Fsp3) is 0.333. The molecule has 1 aliphatic heterocycles. The number of hydrogen-bond donors (Lipinski definition) is 0. The smallest absolute Gasteiger partial charge is 0.188 e. The number of piperazine rings is 1. The summed E-state index contributed by atoms with van der Waals surface area (Å²) in [4.78, 5) is 25.7. The Morgan fingerprint density at radius 1 is 1.08 bits per heavy atom. The number of nitrogens with zero attached hydrogens (tertiary/aromatic N) is 6. The maximum absolute atomic E-state index is 12.7. The molecule has 1 fully saturated rings. The Hall–Kier alpha value is -2.80. The summed E-state index contributed by atoms with van der Waals surface area (Å²) in [5.41, 5.74) is 1.93. The number of hydrogen-bond acceptors (Lipinski definition) is 6. The van der Waals surface area contributed by atoms with Gasteiger partial charge in [0.25, 0.3) is 0 Å². The lowest BCUT2D eigenvalue weighted by molar-refractivity contribution is 0.0985. The molecule has 0 unspecified atom stereocenters. The van der Waals surface area contributed by atoms with Crippen molar-refractivity contribution in [2.24, 2.45) is 0 Å². The van der Waals surface area contributed by atoms with Crippen molar-refractivity contribution in [2.75, 3.05) is 38.1 Å². The lowest BCUT2D eigenvalue weighted by Gasteiger charge is -2.33. The number of carbonyl (C=O) groups is 1. The van der Waals surface area contributed by atoms with E-state index >= 15 is 0 Å². The van der Waals surface area contributed by atoms with Crippen LogP contribution in [-0.4, -0.2) is 63.5 Å². The standard InChI is InChI=1S/C18H20N6O/c1-22-8-10-23(11-9-22)18-6-5-17-20-13-15(24(17)21-18)16(25)12-14-4-2-3-7-19-14/h2-7,13H,8-12H2,1H3. The lowest BCUT2D eigenvalue weighted by Crippen LogP contribution is -2.45. The Morgan fingerprint density at radius 2 is 1.92 bits per heavy atom. The van der Waals surface area contributed by atoms with Gasteiger partial charge in [0.15, 0.2) is 11.4 Å². The molecule has 3 aromatic heterocycles. The minimum atomic E-state index is -0.0331. The highest BCUT2D eigenvalue weighted by molar-refractivity contribution is 5.96. The van der Waals surface area contributed by atoms with Gasteiger partial charge in [-0.3, -0.25) is 9.78 Å². The summed E-state index contributed by atoms with van der Waals surface area (Å²) >= 11 is 0. The van der Waals surface area contributed by atoms with Crippen LogP contribution in [-0.2, 0) is 6.42 Å². The van der Waals surface area contributed by atoms with E-state index in [-0.39, 0.29) is 12.2 Å². The van der Waals surface area contributed by atoms with Crippen LogP contribution in [0.15, 0.2) is 42.7 Å². The first-order chi connectivity index (χ1) is 12.2. The van der Waals surface area contributed by atoms with Crippen LogP contribution >= 0.6 is 0 Å². The second kappa shape index (κ2) is 6.60. The molecule has 0 aliphatic carbocycles. The van der Waals surface area contributed by atoms with Crippen molar-refractivity contribution >= 4 is 17.2 Å². The van der Waals surface area contributed by atoms with Crippen molar-refractivity contribution in [3.63, 3.8) is 0 Å². The molecular weight excluding hydrogens is 316 g/mol. The number of ketones is 1. The van der Waals surface area contributed by atoms with Crippen LogP contribution in [0.25, 0.3) is 5.65 Å². The van der Waals surface area contributed by atoms with Crippen LogP contribution in [0, 0.1) is 0 Å². The Balaban J connectivity index is 1.61. The molecule has 0 atom stereocenters. The van der Waals surface area contributed by atoms with Crippen LogP contribution < -0.4 is 4.90 Å². The number of carbonyl (C=O) groups excluding carboxylic acids is 1. The fourth-order valence-corrected chi connectivity index (χ4v) is 3.02. The predicted molar refractivity (Wildman–Crippen MR) is 95.0 cm³/mol. The molecule has 0 N–H and O–H groups in total. The number of fused-ring (bicyclic) bond motifs is 1. The predicted octanol–water partition coefficient (Wildman–Crippen LogP) is 1.30. The molecule has 0 spiro atoms. The number of pyridine rings is 1. The fourth-order valence-electron chi connectivity index (χ4n) is 3.02. The van der Waals surface area contributed by atoms with Gasteiger partial charge in [0.2, 0.25) is 0 Å². The van der Waals surface area contributed by atoms with E-state index < -0.39 is 0 Å². The average molecular weight is 336 g/mol. The van der Waals surface area contributed by atoms with Gasteiger partial charge in [-0.1, -0.05) is 6.07 Å². The van der Waals surface area contributed by atoms with Gasteiger partial charge in [-0.25, -0.2) is 9.50 Å². The monoisotopic (exact) mass is 336 g/mol. The van der Waals surface area contributed by atoms with Crippen molar-refractivity contribution in [3.05, 3.63) is 54.1 Å². The second-order valence-electron chi connectivity index (χ2n) is 6.32. The van der Waals surface area contributed by atoms with Gasteiger partial charge in [-0.2, -0.15) is 0 Å². The Labute approximate surface area is 145 Å². The summed E-state index contributed by atoms with van der Waals surface area (Å²) in [5.74, 6) is 0.847. The highest BCUT2D eigenvalue weighted by Gasteiger charge is 2.18. The number of aromatic nitrogens is 4. The van der Waals surface area contributed by atoms with Gasteiger partial charge in [-0.05, 0) is 31.3 Å². The molecule has 0 amide bonds. The van der Waals surface area contributed by atoms with Gasteiger partial charge in [-0.15, -0.1) is 5.10 Å². The van der Waals surface area contributed by atoms with E-state index in [0.29, 0.717) is 11.3 Å². The first kappa shape index (κ1) is 15.7. The van der Waals surface area contributed by atoms with Crippen LogP contribution in [0.1, 0.15) is 16.2 Å². The summed E-state index contributed by atoms with van der Waals surface area (Å²) in [6.07, 6.45) is 3.54. The summed E-state index contributed by atoms with van der Waals surface area (Å²) in [5, 5.41) is 4.67. The number of imidazole rings is 1. The largest absolute Gasteiger partial charge is 0.353 e. The van der Waals surface area contributed by atoms with E-state index in [0.717, 1.165) is 37.7 Å². The zero-order chi connectivity index (χ0) is 17.2. The summed E-state index contributed by atoms with van der Waals surface area (Å²) in [7, 11) is 2.12. The van der Waals surface area contributed by atoms with E-state index in [1.54, 1.807) is 16.9 Å². The number of rotatable bonds is 4. The molecular formula is C18H20N6O. The molecule has 7 nitrogen and oxygen atoms in total. The van der Waals surface area contributed by atoms with Gasteiger partial charge in [0, 0.05) is 38.1 Å². The van der Waals surface area contributed by atoms with Gasteiger partial charge in [0.1, 0.15) is 11.5 Å². The quantitative estimate of drug-likeness (QED) is 0.669. The highest BCUT2D eigenvalue weighted by atomic mass is 16.1. The van der Waals surface area contributed by atoms with Crippen molar-refractivity contribution in [3.8, 4) is 0 Å². The number of likely N-dealkylation sites (N-methyl/N-ethyl adjacent to an activating group) is 1. The van der Waals surface area contributed by atoms with Gasteiger partial charge in [0.05, 0.1) is 12.6 Å². The van der Waals surface area contributed by atoms with Crippen molar-refractivity contribution in [1.29, 1.82) is 0 Å². The van der Waals surface area contributed by atoms with E-state index in [9.17, 15) is 4.79 Å². The van der Waals surface area contributed by atoms with Crippen LogP contribution in [0.5, 0.6) is 0 Å². The maximum atomic E-state index is 12.7. The van der Waals surface area contributed by atoms with Crippen molar-refractivity contribution in [2.45, 2.75) is 6.42 Å². The Morgan fingerprint density at radius 3 is 2.68 bits per heavy atom. The van der Waals surface area contributed by atoms with E-state index in [4.69, 9.17) is 0 Å². The van der Waals surface area contributed by atoms with Crippen molar-refractivity contribution in [1.82, 2.24) is 24.5 Å². The topological polar surface area (TPSA) is 66.6 Å². The lowest BCUT2D eigenvalue weighted by atomic mass is 10.1. The molecule has 4 rings (SSSR count). The van der Waals surface area contributed by atoms with E-state index in [2.05, 4.69) is 31.9 Å². The highest BCUT2D eigenvalue weighted by Crippen LogP contribution is 2.16. The summed E-state index contributed by atoms with van der Waals surface area (Å²) < 4.78 is 1.65. The zero-order valence-electron chi connectivity index (χ0n) is 14.2. The molecule has 0 aromatic carbocycles. The Kier molecular flexibility index (Phi) is 4.15. The second-order valence-corrected chi connectivity index (χ2v) is 6.32. The normalized spacial score (nSPS) is 15.6. The molecule has 1 saturated heterocycles. The molecule has 7 heteroatoms. The number of anilines is 1. The minimum Gasteiger partial charge on any atom is -0.353 e. The molecule has 25 heavy (non-hydrogen) atoms. The molecule has 4 heterocycles. The molecule has 3 aromatic rings. The van der Waals surface area contributed by atoms with Crippen LogP contribution in [0.3, 0.4) is 0 Å². The molecule has 128 valence electrons. The Bertz CT molecular complexity index is 883.